The van der Waals surface area contributed by atoms with Gasteiger partial charge < -0.3 is 0 Å². The second kappa shape index (κ2) is 4.36. The Morgan fingerprint density at radius 3 is 2.58 bits per heavy atom. The third-order valence-corrected chi connectivity index (χ3v) is 2.60. The van der Waals surface area contributed by atoms with Crippen molar-refractivity contribution in [3.8, 4) is 0 Å². The van der Waals surface area contributed by atoms with Crippen LogP contribution in [0.5, 0.6) is 0 Å². The second-order valence-corrected chi connectivity index (χ2v) is 4.53. The molecular formula is C11H14S. The average Bonchev–Trinajstić information content (AvgIpc) is 2.04. The fourth-order valence-electron chi connectivity index (χ4n) is 1.01. The lowest BCUT2D eigenvalue weighted by atomic mass is 10.2. The lowest BCUT2D eigenvalue weighted by Crippen LogP contribution is -1.87. The first-order valence-electron chi connectivity index (χ1n) is 4.12. The topological polar surface area (TPSA) is 0 Å². The zero-order chi connectivity index (χ0) is 8.97. The summed E-state index contributed by atoms with van der Waals surface area (Å²) in [5.74, 6) is 0. The van der Waals surface area contributed by atoms with Gasteiger partial charge in [0.15, 0.2) is 0 Å². The molecule has 0 aromatic heterocycles. The van der Waals surface area contributed by atoms with Crippen LogP contribution in [0.25, 0.3) is 6.08 Å². The molecule has 0 atom stereocenters. The van der Waals surface area contributed by atoms with E-state index in [1.54, 1.807) is 0 Å². The predicted octanol–water partition coefficient (Wildman–Crippen LogP) is 3.83. The molecule has 1 heteroatoms. The molecule has 0 aliphatic heterocycles. The van der Waals surface area contributed by atoms with E-state index in [1.807, 2.05) is 23.9 Å². The van der Waals surface area contributed by atoms with Crippen LogP contribution in [0.3, 0.4) is 0 Å². The van der Waals surface area contributed by atoms with E-state index < -0.39 is 0 Å². The maximum atomic E-state index is 3.79. The van der Waals surface area contributed by atoms with Gasteiger partial charge in [-0.05, 0) is 11.6 Å². The van der Waals surface area contributed by atoms with E-state index in [4.69, 9.17) is 0 Å². The van der Waals surface area contributed by atoms with Gasteiger partial charge in [0.25, 0.3) is 0 Å². The standard InChI is InChI=1S/C11H14S/c1-4-10-7-5-6-8-11(10)12-9(2)3/h4-9H,1H2,2-3H3. The van der Waals surface area contributed by atoms with Crippen LogP contribution < -0.4 is 0 Å². The first-order valence-corrected chi connectivity index (χ1v) is 5.00. The minimum absolute atomic E-state index is 0.631. The average molecular weight is 178 g/mol. The monoisotopic (exact) mass is 178 g/mol. The molecule has 0 fully saturated rings. The highest BCUT2D eigenvalue weighted by atomic mass is 32.2. The van der Waals surface area contributed by atoms with Crippen molar-refractivity contribution in [1.82, 2.24) is 0 Å². The summed E-state index contributed by atoms with van der Waals surface area (Å²) < 4.78 is 0. The summed E-state index contributed by atoms with van der Waals surface area (Å²) in [6, 6.07) is 8.35. The number of rotatable bonds is 3. The molecule has 0 saturated heterocycles. The van der Waals surface area contributed by atoms with Crippen molar-refractivity contribution in [2.24, 2.45) is 0 Å². The highest BCUT2D eigenvalue weighted by Crippen LogP contribution is 2.26. The largest absolute Gasteiger partial charge is 0.123 e. The quantitative estimate of drug-likeness (QED) is 0.634. The highest BCUT2D eigenvalue weighted by Gasteiger charge is 2.00. The van der Waals surface area contributed by atoms with Gasteiger partial charge in [0.2, 0.25) is 0 Å². The van der Waals surface area contributed by atoms with E-state index in [-0.39, 0.29) is 0 Å². The van der Waals surface area contributed by atoms with Crippen molar-refractivity contribution in [3.63, 3.8) is 0 Å². The Morgan fingerprint density at radius 2 is 2.00 bits per heavy atom. The van der Waals surface area contributed by atoms with Crippen molar-refractivity contribution in [1.29, 1.82) is 0 Å². The molecule has 1 aromatic carbocycles. The molecule has 0 radical (unpaired) electrons. The maximum Gasteiger partial charge on any atom is 0.0147 e. The highest BCUT2D eigenvalue weighted by molar-refractivity contribution is 8.00. The van der Waals surface area contributed by atoms with Gasteiger partial charge in [-0.25, -0.2) is 0 Å². The fraction of sp³-hybridized carbons (Fsp3) is 0.273. The van der Waals surface area contributed by atoms with Crippen LogP contribution >= 0.6 is 11.8 Å². The molecule has 0 heterocycles. The van der Waals surface area contributed by atoms with Crippen LogP contribution in [0.2, 0.25) is 0 Å². The van der Waals surface area contributed by atoms with Gasteiger partial charge in [-0.15, -0.1) is 11.8 Å². The van der Waals surface area contributed by atoms with E-state index in [2.05, 4.69) is 38.6 Å². The van der Waals surface area contributed by atoms with Gasteiger partial charge >= 0.3 is 0 Å². The molecule has 64 valence electrons. The molecule has 0 aliphatic rings. The maximum absolute atomic E-state index is 3.79. The van der Waals surface area contributed by atoms with Crippen LogP contribution in [0, 0.1) is 0 Å². The van der Waals surface area contributed by atoms with Crippen LogP contribution in [-0.4, -0.2) is 5.25 Å². The molecule has 12 heavy (non-hydrogen) atoms. The summed E-state index contributed by atoms with van der Waals surface area (Å²) in [4.78, 5) is 1.32. The normalized spacial score (nSPS) is 10.2. The summed E-state index contributed by atoms with van der Waals surface area (Å²) in [5.41, 5.74) is 1.23. The first kappa shape index (κ1) is 9.40. The van der Waals surface area contributed by atoms with Crippen LogP contribution in [0.15, 0.2) is 35.7 Å². The Morgan fingerprint density at radius 1 is 1.33 bits per heavy atom. The summed E-state index contributed by atoms with van der Waals surface area (Å²) in [5, 5.41) is 0.631. The molecule has 0 spiro atoms. The lowest BCUT2D eigenvalue weighted by Gasteiger charge is -2.07. The second-order valence-electron chi connectivity index (χ2n) is 2.91. The van der Waals surface area contributed by atoms with Crippen molar-refractivity contribution in [2.75, 3.05) is 0 Å². The SMILES string of the molecule is C=Cc1ccccc1SC(C)C. The van der Waals surface area contributed by atoms with Gasteiger partial charge in [0.05, 0.1) is 0 Å². The Kier molecular flexibility index (Phi) is 3.42. The predicted molar refractivity (Wildman–Crippen MR) is 57.5 cm³/mol. The van der Waals surface area contributed by atoms with E-state index in [0.29, 0.717) is 5.25 Å². The smallest absolute Gasteiger partial charge is 0.0147 e. The number of benzene rings is 1. The number of hydrogen-bond donors (Lipinski definition) is 0. The van der Waals surface area contributed by atoms with Gasteiger partial charge in [0, 0.05) is 10.1 Å². The van der Waals surface area contributed by atoms with Gasteiger partial charge in [-0.1, -0.05) is 44.7 Å². The van der Waals surface area contributed by atoms with Crippen molar-refractivity contribution >= 4 is 17.8 Å². The Labute approximate surface area is 78.7 Å². The minimum Gasteiger partial charge on any atom is -0.123 e. The molecule has 0 unspecified atom stereocenters. The zero-order valence-corrected chi connectivity index (χ0v) is 8.40. The van der Waals surface area contributed by atoms with Crippen LogP contribution in [0.1, 0.15) is 19.4 Å². The third kappa shape index (κ3) is 2.42. The minimum atomic E-state index is 0.631. The zero-order valence-electron chi connectivity index (χ0n) is 7.58. The molecule has 0 bridgehead atoms. The van der Waals surface area contributed by atoms with E-state index in [9.17, 15) is 0 Å². The lowest BCUT2D eigenvalue weighted by molar-refractivity contribution is 1.11. The molecule has 0 nitrogen and oxygen atoms in total. The molecule has 0 amide bonds. The summed E-state index contributed by atoms with van der Waals surface area (Å²) in [6.07, 6.45) is 1.91. The summed E-state index contributed by atoms with van der Waals surface area (Å²) >= 11 is 1.88. The molecule has 0 aliphatic carbocycles. The van der Waals surface area contributed by atoms with Gasteiger partial charge in [0.1, 0.15) is 0 Å². The molecule has 1 rings (SSSR count). The van der Waals surface area contributed by atoms with E-state index in [1.165, 1.54) is 10.5 Å². The molecular weight excluding hydrogens is 164 g/mol. The van der Waals surface area contributed by atoms with Crippen molar-refractivity contribution in [2.45, 2.75) is 24.0 Å². The first-order chi connectivity index (χ1) is 5.74. The van der Waals surface area contributed by atoms with Crippen molar-refractivity contribution in [3.05, 3.63) is 36.4 Å². The summed E-state index contributed by atoms with van der Waals surface area (Å²) in [7, 11) is 0. The molecule has 1 aromatic rings. The van der Waals surface area contributed by atoms with E-state index >= 15 is 0 Å². The number of thioether (sulfide) groups is 1. The van der Waals surface area contributed by atoms with E-state index in [0.717, 1.165) is 0 Å². The van der Waals surface area contributed by atoms with Crippen molar-refractivity contribution < 1.29 is 0 Å². The Bertz CT molecular complexity index is 263. The Hall–Kier alpha value is -0.690. The van der Waals surface area contributed by atoms with Gasteiger partial charge in [-0.2, -0.15) is 0 Å². The van der Waals surface area contributed by atoms with Gasteiger partial charge in [-0.3, -0.25) is 0 Å². The van der Waals surface area contributed by atoms with Crippen LogP contribution in [0.4, 0.5) is 0 Å². The molecule has 0 saturated carbocycles. The molecule has 0 N–H and O–H groups in total. The van der Waals surface area contributed by atoms with Crippen LogP contribution in [-0.2, 0) is 0 Å². The summed E-state index contributed by atoms with van der Waals surface area (Å²) in [6.45, 7) is 8.18. The fourth-order valence-corrected chi connectivity index (χ4v) is 1.96. The Balaban J connectivity index is 2.89. The number of hydrogen-bond acceptors (Lipinski definition) is 1. The third-order valence-electron chi connectivity index (χ3n) is 1.50.